The third-order valence-electron chi connectivity index (χ3n) is 3.96. The number of anilines is 1. The zero-order valence-corrected chi connectivity index (χ0v) is 13.8. The minimum Gasteiger partial charge on any atom is -0.496 e. The minimum absolute atomic E-state index is 0.344. The first kappa shape index (κ1) is 15.2. The van der Waals surface area contributed by atoms with Crippen LogP contribution in [-0.4, -0.2) is 16.7 Å². The van der Waals surface area contributed by atoms with Gasteiger partial charge in [0.15, 0.2) is 0 Å². The summed E-state index contributed by atoms with van der Waals surface area (Å²) in [7, 11) is 1.62. The maximum Gasteiger partial charge on any atom is 0.149 e. The largest absolute Gasteiger partial charge is 0.496 e. The van der Waals surface area contributed by atoms with Crippen molar-refractivity contribution >= 4 is 28.5 Å². The van der Waals surface area contributed by atoms with Crippen LogP contribution in [0.5, 0.6) is 5.75 Å². The third-order valence-corrected chi connectivity index (χ3v) is 4.17. The normalized spacial score (nSPS) is 10.7. The summed E-state index contributed by atoms with van der Waals surface area (Å²) in [6.07, 6.45) is 0. The van der Waals surface area contributed by atoms with Crippen LogP contribution in [0.3, 0.4) is 0 Å². The van der Waals surface area contributed by atoms with Crippen LogP contribution in [0.25, 0.3) is 16.7 Å². The van der Waals surface area contributed by atoms with E-state index in [1.54, 1.807) is 23.8 Å². The Morgan fingerprint density at radius 2 is 2.00 bits per heavy atom. The molecule has 0 unspecified atom stereocenters. The van der Waals surface area contributed by atoms with Gasteiger partial charge in [0.1, 0.15) is 34.0 Å². The van der Waals surface area contributed by atoms with Gasteiger partial charge in [0.2, 0.25) is 0 Å². The van der Waals surface area contributed by atoms with Gasteiger partial charge in [0, 0.05) is 10.9 Å². The number of nitriles is 1. The van der Waals surface area contributed by atoms with Crippen LogP contribution in [0.1, 0.15) is 16.7 Å². The van der Waals surface area contributed by atoms with E-state index in [1.165, 1.54) is 0 Å². The van der Waals surface area contributed by atoms with Crippen molar-refractivity contribution in [1.29, 1.82) is 5.26 Å². The Hall–Kier alpha value is -2.71. The molecule has 1 aromatic carbocycles. The summed E-state index contributed by atoms with van der Waals surface area (Å²) in [5.41, 5.74) is 9.98. The maximum atomic E-state index is 9.46. The first-order valence-electron chi connectivity index (χ1n) is 7.00. The number of nitrogens with two attached hydrogens (primary N) is 1. The topological polar surface area (TPSA) is 76.9 Å². The van der Waals surface area contributed by atoms with E-state index in [4.69, 9.17) is 22.1 Å². The fraction of sp³-hybridized carbons (Fsp3) is 0.176. The molecular weight excluding hydrogens is 312 g/mol. The summed E-state index contributed by atoms with van der Waals surface area (Å²) in [6.45, 7) is 3.92. The number of halogens is 1. The Labute approximate surface area is 138 Å². The summed E-state index contributed by atoms with van der Waals surface area (Å²) in [6, 6.07) is 9.42. The Bertz CT molecular complexity index is 969. The van der Waals surface area contributed by atoms with Gasteiger partial charge in [-0.3, -0.25) is 4.57 Å². The lowest BCUT2D eigenvalue weighted by atomic mass is 10.1. The highest BCUT2D eigenvalue weighted by molar-refractivity contribution is 6.29. The second kappa shape index (κ2) is 5.49. The Balaban J connectivity index is 2.49. The number of hydrogen-bond donors (Lipinski definition) is 1. The molecule has 0 radical (unpaired) electrons. The fourth-order valence-electron chi connectivity index (χ4n) is 2.88. The van der Waals surface area contributed by atoms with E-state index in [2.05, 4.69) is 11.1 Å². The molecule has 0 aliphatic rings. The summed E-state index contributed by atoms with van der Waals surface area (Å²) in [5.74, 6) is 1.09. The van der Waals surface area contributed by atoms with Gasteiger partial charge in [-0.05, 0) is 37.6 Å². The van der Waals surface area contributed by atoms with E-state index in [-0.39, 0.29) is 0 Å². The molecule has 0 atom stereocenters. The van der Waals surface area contributed by atoms with E-state index in [1.807, 2.05) is 26.0 Å². The number of ether oxygens (including phenoxy) is 1. The Morgan fingerprint density at radius 3 is 2.65 bits per heavy atom. The number of rotatable bonds is 2. The van der Waals surface area contributed by atoms with Crippen molar-refractivity contribution in [3.63, 3.8) is 0 Å². The van der Waals surface area contributed by atoms with Crippen LogP contribution in [0.2, 0.25) is 5.15 Å². The SMILES string of the molecule is COc1ccc(C)c(-n2c(N)c(C#N)c3ccc(Cl)nc32)c1C. The standard InChI is InChI=1S/C17H15ClN4O/c1-9-4-6-13(23-3)10(2)15(9)22-16(20)12(8-19)11-5-7-14(18)21-17(11)22/h4-7H,20H2,1-3H3. The molecule has 5 nitrogen and oxygen atoms in total. The number of aryl methyl sites for hydroxylation is 1. The van der Waals surface area contributed by atoms with Crippen LogP contribution < -0.4 is 10.5 Å². The van der Waals surface area contributed by atoms with Crippen molar-refractivity contribution in [1.82, 2.24) is 9.55 Å². The molecule has 116 valence electrons. The van der Waals surface area contributed by atoms with E-state index < -0.39 is 0 Å². The molecule has 23 heavy (non-hydrogen) atoms. The molecule has 0 saturated carbocycles. The maximum absolute atomic E-state index is 9.46. The van der Waals surface area contributed by atoms with Gasteiger partial charge in [0.25, 0.3) is 0 Å². The van der Waals surface area contributed by atoms with Crippen LogP contribution in [0, 0.1) is 25.2 Å². The van der Waals surface area contributed by atoms with Crippen LogP contribution in [-0.2, 0) is 0 Å². The van der Waals surface area contributed by atoms with Crippen LogP contribution in [0.4, 0.5) is 5.82 Å². The molecule has 3 rings (SSSR count). The van der Waals surface area contributed by atoms with Gasteiger partial charge < -0.3 is 10.5 Å². The summed E-state index contributed by atoms with van der Waals surface area (Å²) >= 11 is 6.05. The monoisotopic (exact) mass is 326 g/mol. The molecule has 0 fully saturated rings. The molecule has 0 aliphatic carbocycles. The molecule has 0 amide bonds. The van der Waals surface area contributed by atoms with E-state index >= 15 is 0 Å². The molecule has 0 spiro atoms. The number of methoxy groups -OCH3 is 1. The first-order valence-corrected chi connectivity index (χ1v) is 7.38. The first-order chi connectivity index (χ1) is 11.0. The molecule has 3 aromatic rings. The number of pyridine rings is 1. The van der Waals surface area contributed by atoms with Crippen molar-refractivity contribution in [2.24, 2.45) is 0 Å². The molecule has 0 bridgehead atoms. The third kappa shape index (κ3) is 2.19. The second-order valence-corrected chi connectivity index (χ2v) is 5.66. The summed E-state index contributed by atoms with van der Waals surface area (Å²) in [5, 5.41) is 10.5. The number of nitrogens with zero attached hydrogens (tertiary/aromatic N) is 3. The van der Waals surface area contributed by atoms with Gasteiger partial charge in [-0.25, -0.2) is 4.98 Å². The van der Waals surface area contributed by atoms with Crippen molar-refractivity contribution in [3.05, 3.63) is 46.1 Å². The predicted octanol–water partition coefficient (Wildman–Crippen LogP) is 3.76. The molecule has 6 heteroatoms. The van der Waals surface area contributed by atoms with Gasteiger partial charge in [-0.15, -0.1) is 0 Å². The smallest absolute Gasteiger partial charge is 0.149 e. The molecule has 2 N–H and O–H groups in total. The van der Waals surface area contributed by atoms with E-state index in [0.717, 1.165) is 22.6 Å². The Morgan fingerprint density at radius 1 is 1.26 bits per heavy atom. The van der Waals surface area contributed by atoms with Crippen molar-refractivity contribution in [2.45, 2.75) is 13.8 Å². The van der Waals surface area contributed by atoms with E-state index in [9.17, 15) is 5.26 Å². The van der Waals surface area contributed by atoms with Crippen molar-refractivity contribution in [2.75, 3.05) is 12.8 Å². The number of aromatic nitrogens is 2. The van der Waals surface area contributed by atoms with Gasteiger partial charge in [-0.2, -0.15) is 5.26 Å². The quantitative estimate of drug-likeness (QED) is 0.727. The van der Waals surface area contributed by atoms with Crippen molar-refractivity contribution < 1.29 is 4.74 Å². The lowest BCUT2D eigenvalue weighted by Gasteiger charge is -2.16. The molecular formula is C17H15ClN4O. The highest BCUT2D eigenvalue weighted by atomic mass is 35.5. The van der Waals surface area contributed by atoms with Crippen LogP contribution in [0.15, 0.2) is 24.3 Å². The summed E-state index contributed by atoms with van der Waals surface area (Å²) < 4.78 is 7.18. The minimum atomic E-state index is 0.344. The zero-order chi connectivity index (χ0) is 16.7. The number of benzene rings is 1. The molecule has 0 aliphatic heterocycles. The average Bonchev–Trinajstić information content (AvgIpc) is 2.79. The second-order valence-electron chi connectivity index (χ2n) is 5.27. The van der Waals surface area contributed by atoms with Gasteiger partial charge >= 0.3 is 0 Å². The zero-order valence-electron chi connectivity index (χ0n) is 13.0. The van der Waals surface area contributed by atoms with E-state index in [0.29, 0.717) is 27.6 Å². The van der Waals surface area contributed by atoms with Gasteiger partial charge in [-0.1, -0.05) is 17.7 Å². The summed E-state index contributed by atoms with van der Waals surface area (Å²) in [4.78, 5) is 4.38. The van der Waals surface area contributed by atoms with Gasteiger partial charge in [0.05, 0.1) is 12.8 Å². The number of fused-ring (bicyclic) bond motifs is 1. The lowest BCUT2D eigenvalue weighted by Crippen LogP contribution is -2.06. The molecule has 2 aromatic heterocycles. The Kier molecular flexibility index (Phi) is 3.63. The fourth-order valence-corrected chi connectivity index (χ4v) is 3.02. The molecule has 0 saturated heterocycles. The highest BCUT2D eigenvalue weighted by Crippen LogP contribution is 2.35. The highest BCUT2D eigenvalue weighted by Gasteiger charge is 2.21. The van der Waals surface area contributed by atoms with Crippen LogP contribution >= 0.6 is 11.6 Å². The number of nitrogen functional groups attached to an aromatic ring is 1. The number of hydrogen-bond acceptors (Lipinski definition) is 4. The predicted molar refractivity (Wildman–Crippen MR) is 91.2 cm³/mol. The van der Waals surface area contributed by atoms with Crippen molar-refractivity contribution in [3.8, 4) is 17.5 Å². The molecule has 2 heterocycles. The lowest BCUT2D eigenvalue weighted by molar-refractivity contribution is 0.411. The average molecular weight is 327 g/mol.